The van der Waals surface area contributed by atoms with Crippen LogP contribution in [-0.4, -0.2) is 80.0 Å². The fourth-order valence-electron chi connectivity index (χ4n) is 3.84. The molecule has 2 aliphatic rings. The van der Waals surface area contributed by atoms with E-state index in [1.54, 1.807) is 12.1 Å². The highest BCUT2D eigenvalue weighted by molar-refractivity contribution is 5.98. The summed E-state index contributed by atoms with van der Waals surface area (Å²) in [6, 6.07) is 10.6. The van der Waals surface area contributed by atoms with Crippen LogP contribution in [0, 0.1) is 0 Å². The van der Waals surface area contributed by atoms with Crippen LogP contribution < -0.4 is 4.74 Å². The van der Waals surface area contributed by atoms with Gasteiger partial charge in [-0.05, 0) is 29.8 Å². The molecule has 2 aliphatic heterocycles. The molecular weight excluding hydrogens is 436 g/mol. The molecule has 10 nitrogen and oxygen atoms in total. The molecule has 6 N–H and O–H groups in total. The van der Waals surface area contributed by atoms with Crippen LogP contribution in [0.3, 0.4) is 0 Å². The second kappa shape index (κ2) is 9.38. The molecule has 0 unspecified atom stereocenters. The number of aromatic hydroxyl groups is 2. The Kier molecular flexibility index (Phi) is 6.54. The number of aliphatic hydroxyl groups excluding tert-OH is 4. The van der Waals surface area contributed by atoms with Gasteiger partial charge in [-0.15, -0.1) is 0 Å². The van der Waals surface area contributed by atoms with Gasteiger partial charge in [0.25, 0.3) is 0 Å². The third kappa shape index (κ3) is 4.80. The quantitative estimate of drug-likeness (QED) is 0.319. The Morgan fingerprint density at radius 2 is 1.61 bits per heavy atom. The minimum absolute atomic E-state index is 0.0274. The van der Waals surface area contributed by atoms with Gasteiger partial charge in [-0.2, -0.15) is 0 Å². The van der Waals surface area contributed by atoms with E-state index in [4.69, 9.17) is 14.2 Å². The Hall–Kier alpha value is -3.15. The molecule has 10 heteroatoms. The average Bonchev–Trinajstić information content (AvgIpc) is 3.15. The zero-order valence-corrected chi connectivity index (χ0v) is 17.3. The maximum Gasteiger partial charge on any atom is 0.331 e. The number of phenolic OH excluding ortho intramolecular Hbond substituents is 2. The number of hydrogen-bond acceptors (Lipinski definition) is 10. The molecule has 0 spiro atoms. The van der Waals surface area contributed by atoms with Crippen LogP contribution in [0.2, 0.25) is 0 Å². The molecule has 0 saturated carbocycles. The minimum Gasteiger partial charge on any atom is -0.508 e. The fraction of sp³-hybridized carbons (Fsp3) is 0.348. The van der Waals surface area contributed by atoms with E-state index in [1.165, 1.54) is 36.4 Å². The lowest BCUT2D eigenvalue weighted by molar-refractivity contribution is -0.277. The van der Waals surface area contributed by atoms with E-state index < -0.39 is 49.4 Å². The number of esters is 1. The van der Waals surface area contributed by atoms with E-state index >= 15 is 0 Å². The summed E-state index contributed by atoms with van der Waals surface area (Å²) in [6.07, 6.45) is -6.59. The number of carbonyl (C=O) groups excluding carboxylic acids is 1. The lowest BCUT2D eigenvalue weighted by Crippen LogP contribution is -2.60. The van der Waals surface area contributed by atoms with Gasteiger partial charge in [-0.1, -0.05) is 12.1 Å². The van der Waals surface area contributed by atoms with E-state index in [0.29, 0.717) is 17.6 Å². The minimum atomic E-state index is -1.65. The lowest BCUT2D eigenvalue weighted by Gasteiger charge is -2.39. The van der Waals surface area contributed by atoms with Crippen molar-refractivity contribution in [2.75, 3.05) is 6.61 Å². The Morgan fingerprint density at radius 1 is 0.909 bits per heavy atom. The number of phenols is 2. The van der Waals surface area contributed by atoms with Crippen LogP contribution in [0.4, 0.5) is 0 Å². The van der Waals surface area contributed by atoms with Crippen molar-refractivity contribution in [3.05, 3.63) is 59.7 Å². The molecule has 1 saturated heterocycles. The van der Waals surface area contributed by atoms with E-state index in [-0.39, 0.29) is 17.2 Å². The lowest BCUT2D eigenvalue weighted by atomic mass is 9.95. The number of benzene rings is 2. The standard InChI is InChI=1S/C23H24O10/c24-10-18-20(28)21(29)22(30)23(33-18)32-17-8-13(26)5-6-14(17)15-9-19(27)31-16(15)7-11-1-3-12(25)4-2-11/h1-6,8-9,16,18,20-26,28-30H,7,10H2/t16-,18-,20+,21+,22+,23+/m0/s1. The van der Waals surface area contributed by atoms with Crippen LogP contribution in [0.15, 0.2) is 48.5 Å². The molecule has 4 rings (SSSR count). The number of carbonyl (C=O) groups is 1. The predicted molar refractivity (Wildman–Crippen MR) is 112 cm³/mol. The number of cyclic esters (lactones) is 1. The van der Waals surface area contributed by atoms with Crippen molar-refractivity contribution in [1.82, 2.24) is 0 Å². The fourth-order valence-corrected chi connectivity index (χ4v) is 3.84. The Labute approximate surface area is 188 Å². The Morgan fingerprint density at radius 3 is 2.30 bits per heavy atom. The molecule has 176 valence electrons. The van der Waals surface area contributed by atoms with Gasteiger partial charge in [0.2, 0.25) is 6.29 Å². The van der Waals surface area contributed by atoms with Crippen LogP contribution in [0.1, 0.15) is 11.1 Å². The summed E-state index contributed by atoms with van der Waals surface area (Å²) < 4.78 is 16.6. The van der Waals surface area contributed by atoms with Crippen molar-refractivity contribution in [2.45, 2.75) is 43.2 Å². The molecule has 2 aromatic carbocycles. The first-order chi connectivity index (χ1) is 15.8. The third-order valence-corrected chi connectivity index (χ3v) is 5.60. The van der Waals surface area contributed by atoms with Gasteiger partial charge in [0.05, 0.1) is 6.61 Å². The predicted octanol–water partition coefficient (Wildman–Crippen LogP) is -0.172. The van der Waals surface area contributed by atoms with Gasteiger partial charge in [0.15, 0.2) is 0 Å². The Balaban J connectivity index is 1.62. The molecule has 33 heavy (non-hydrogen) atoms. The normalized spacial score (nSPS) is 29.5. The summed E-state index contributed by atoms with van der Waals surface area (Å²) in [5, 5.41) is 59.2. The summed E-state index contributed by atoms with van der Waals surface area (Å²) in [7, 11) is 0. The SMILES string of the molecule is O=C1C=C(c2ccc(O)cc2O[C@@H]2O[C@@H](CO)[C@@H](O)[C@@H](O)[C@H]2O)[C@H](Cc2ccc(O)cc2)O1. The van der Waals surface area contributed by atoms with Gasteiger partial charge in [0.1, 0.15) is 47.8 Å². The van der Waals surface area contributed by atoms with E-state index in [1.807, 2.05) is 0 Å². The maximum absolute atomic E-state index is 12.1. The third-order valence-electron chi connectivity index (χ3n) is 5.60. The molecule has 0 radical (unpaired) electrons. The zero-order valence-electron chi connectivity index (χ0n) is 17.3. The molecule has 2 aromatic rings. The van der Waals surface area contributed by atoms with Gasteiger partial charge in [0, 0.05) is 29.7 Å². The smallest absolute Gasteiger partial charge is 0.331 e. The van der Waals surface area contributed by atoms with Crippen molar-refractivity contribution < 1.29 is 49.6 Å². The molecule has 0 amide bonds. The van der Waals surface area contributed by atoms with E-state index in [2.05, 4.69) is 0 Å². The van der Waals surface area contributed by atoms with Gasteiger partial charge in [-0.3, -0.25) is 0 Å². The highest BCUT2D eigenvalue weighted by Gasteiger charge is 2.45. The van der Waals surface area contributed by atoms with Crippen molar-refractivity contribution in [3.63, 3.8) is 0 Å². The second-order valence-electron chi connectivity index (χ2n) is 7.89. The van der Waals surface area contributed by atoms with Crippen LogP contribution in [-0.2, 0) is 20.7 Å². The molecule has 2 heterocycles. The average molecular weight is 460 g/mol. The topological polar surface area (TPSA) is 166 Å². The van der Waals surface area contributed by atoms with Gasteiger partial charge in [-0.25, -0.2) is 4.79 Å². The molecular formula is C23H24O10. The molecule has 0 aromatic heterocycles. The number of aliphatic hydroxyl groups is 4. The first-order valence-corrected chi connectivity index (χ1v) is 10.3. The van der Waals surface area contributed by atoms with Crippen LogP contribution >= 0.6 is 0 Å². The van der Waals surface area contributed by atoms with Crippen molar-refractivity contribution in [1.29, 1.82) is 0 Å². The second-order valence-corrected chi connectivity index (χ2v) is 7.89. The maximum atomic E-state index is 12.1. The number of hydrogen-bond donors (Lipinski definition) is 6. The number of ether oxygens (including phenoxy) is 3. The summed E-state index contributed by atoms with van der Waals surface area (Å²) in [6.45, 7) is -0.625. The van der Waals surface area contributed by atoms with Gasteiger partial charge < -0.3 is 44.8 Å². The summed E-state index contributed by atoms with van der Waals surface area (Å²) in [5.41, 5.74) is 1.63. The zero-order chi connectivity index (χ0) is 23.7. The molecule has 0 aliphatic carbocycles. The monoisotopic (exact) mass is 460 g/mol. The first-order valence-electron chi connectivity index (χ1n) is 10.3. The van der Waals surface area contributed by atoms with Crippen LogP contribution in [0.25, 0.3) is 5.57 Å². The molecule has 0 bridgehead atoms. The molecule has 1 fully saturated rings. The summed E-state index contributed by atoms with van der Waals surface area (Å²) >= 11 is 0. The largest absolute Gasteiger partial charge is 0.508 e. The highest BCUT2D eigenvalue weighted by Crippen LogP contribution is 2.38. The summed E-state index contributed by atoms with van der Waals surface area (Å²) in [4.78, 5) is 12.1. The molecule has 6 atom stereocenters. The Bertz CT molecular complexity index is 1030. The van der Waals surface area contributed by atoms with Crippen molar-refractivity contribution >= 4 is 11.5 Å². The van der Waals surface area contributed by atoms with Crippen molar-refractivity contribution in [3.8, 4) is 17.2 Å². The highest BCUT2D eigenvalue weighted by atomic mass is 16.7. The summed E-state index contributed by atoms with van der Waals surface area (Å²) in [5.74, 6) is -0.605. The first kappa shape index (κ1) is 23.0. The van der Waals surface area contributed by atoms with Crippen molar-refractivity contribution in [2.24, 2.45) is 0 Å². The number of rotatable bonds is 6. The van der Waals surface area contributed by atoms with E-state index in [0.717, 1.165) is 5.56 Å². The van der Waals surface area contributed by atoms with Gasteiger partial charge >= 0.3 is 5.97 Å². The van der Waals surface area contributed by atoms with E-state index in [9.17, 15) is 35.4 Å². The van der Waals surface area contributed by atoms with Crippen LogP contribution in [0.5, 0.6) is 17.2 Å².